The number of nitrogens with zero attached hydrogens (tertiary/aromatic N) is 3. The molecular weight excluding hydrogens is 314 g/mol. The maximum atomic E-state index is 12.5. The van der Waals surface area contributed by atoms with Crippen LogP contribution in [0.15, 0.2) is 54.8 Å². The van der Waals surface area contributed by atoms with Crippen molar-refractivity contribution >= 4 is 33.6 Å². The second-order valence-electron chi connectivity index (χ2n) is 5.94. The number of fused-ring (bicyclic) bond motifs is 3. The van der Waals surface area contributed by atoms with E-state index in [4.69, 9.17) is 9.72 Å². The molecule has 25 heavy (non-hydrogen) atoms. The van der Waals surface area contributed by atoms with Gasteiger partial charge in [-0.1, -0.05) is 30.4 Å². The summed E-state index contributed by atoms with van der Waals surface area (Å²) in [5.41, 5.74) is 4.02. The van der Waals surface area contributed by atoms with E-state index in [-0.39, 0.29) is 0 Å². The van der Waals surface area contributed by atoms with Gasteiger partial charge in [-0.25, -0.2) is 9.78 Å². The van der Waals surface area contributed by atoms with Crippen molar-refractivity contribution in [3.8, 4) is 0 Å². The second kappa shape index (κ2) is 6.09. The van der Waals surface area contributed by atoms with Gasteiger partial charge in [0.1, 0.15) is 0 Å². The quantitative estimate of drug-likeness (QED) is 0.684. The number of rotatable bonds is 3. The van der Waals surface area contributed by atoms with Gasteiger partial charge in [-0.3, -0.25) is 0 Å². The lowest BCUT2D eigenvalue weighted by Crippen LogP contribution is -2.22. The Kier molecular flexibility index (Phi) is 3.76. The molecule has 0 saturated heterocycles. The molecular formula is C20H19N3O2. The molecule has 0 unspecified atom stereocenters. The van der Waals surface area contributed by atoms with Crippen LogP contribution in [0.2, 0.25) is 0 Å². The topological polar surface area (TPSA) is 47.4 Å². The number of anilines is 1. The van der Waals surface area contributed by atoms with Crippen LogP contribution in [0, 0.1) is 0 Å². The zero-order valence-electron chi connectivity index (χ0n) is 14.3. The number of para-hydroxylation sites is 1. The van der Waals surface area contributed by atoms with E-state index >= 15 is 0 Å². The molecule has 5 heteroatoms. The van der Waals surface area contributed by atoms with Gasteiger partial charge in [0.2, 0.25) is 0 Å². The number of aryl methyl sites for hydroxylation is 1. The molecule has 2 aromatic heterocycles. The molecule has 126 valence electrons. The molecule has 0 atom stereocenters. The molecule has 1 aliphatic rings. The molecule has 0 bridgehead atoms. The van der Waals surface area contributed by atoms with Crippen LogP contribution in [0.25, 0.3) is 21.9 Å². The number of ether oxygens (including phenoxy) is 1. The minimum absolute atomic E-state index is 0.323. The van der Waals surface area contributed by atoms with Crippen LogP contribution in [0.5, 0.6) is 0 Å². The van der Waals surface area contributed by atoms with Gasteiger partial charge in [0, 0.05) is 25.2 Å². The van der Waals surface area contributed by atoms with E-state index in [2.05, 4.69) is 10.6 Å². The minimum Gasteiger partial charge on any atom is -0.461 e. The van der Waals surface area contributed by atoms with E-state index in [0.29, 0.717) is 18.8 Å². The maximum absolute atomic E-state index is 12.5. The smallest absolute Gasteiger partial charge is 0.359 e. The number of esters is 1. The number of allylic oxidation sites excluding steroid dienone is 2. The van der Waals surface area contributed by atoms with E-state index in [1.54, 1.807) is 6.92 Å². The summed E-state index contributed by atoms with van der Waals surface area (Å²) in [5.74, 6) is -0.393. The zero-order chi connectivity index (χ0) is 17.4. The van der Waals surface area contributed by atoms with Crippen molar-refractivity contribution in [2.75, 3.05) is 18.1 Å². The summed E-state index contributed by atoms with van der Waals surface area (Å²) in [6.07, 6.45) is 7.93. The Morgan fingerprint density at radius 3 is 2.84 bits per heavy atom. The molecule has 0 N–H and O–H groups in total. The van der Waals surface area contributed by atoms with E-state index < -0.39 is 5.97 Å². The van der Waals surface area contributed by atoms with Crippen LogP contribution in [-0.2, 0) is 11.8 Å². The summed E-state index contributed by atoms with van der Waals surface area (Å²) in [4.78, 5) is 19.3. The third-order valence-corrected chi connectivity index (χ3v) is 4.46. The van der Waals surface area contributed by atoms with Crippen LogP contribution in [0.1, 0.15) is 17.4 Å². The normalized spacial score (nSPS) is 13.8. The van der Waals surface area contributed by atoms with Crippen molar-refractivity contribution in [3.63, 3.8) is 0 Å². The maximum Gasteiger partial charge on any atom is 0.359 e. The summed E-state index contributed by atoms with van der Waals surface area (Å²) in [6.45, 7) is 2.82. The van der Waals surface area contributed by atoms with Crippen LogP contribution in [0.4, 0.5) is 5.69 Å². The Balaban J connectivity index is 2.01. The third kappa shape index (κ3) is 2.48. The molecule has 0 saturated carbocycles. The van der Waals surface area contributed by atoms with Crippen molar-refractivity contribution in [3.05, 3.63) is 60.5 Å². The van der Waals surface area contributed by atoms with E-state index in [1.807, 2.05) is 60.6 Å². The molecule has 0 amide bonds. The van der Waals surface area contributed by atoms with Crippen LogP contribution < -0.4 is 4.90 Å². The third-order valence-electron chi connectivity index (χ3n) is 4.46. The summed E-state index contributed by atoms with van der Waals surface area (Å²) in [7, 11) is 2.02. The molecule has 0 radical (unpaired) electrons. The van der Waals surface area contributed by atoms with Crippen molar-refractivity contribution < 1.29 is 9.53 Å². The largest absolute Gasteiger partial charge is 0.461 e. The van der Waals surface area contributed by atoms with Gasteiger partial charge in [-0.05, 0) is 25.1 Å². The Bertz CT molecular complexity index is 1030. The molecule has 0 fully saturated rings. The second-order valence-corrected chi connectivity index (χ2v) is 5.94. The van der Waals surface area contributed by atoms with Gasteiger partial charge >= 0.3 is 5.97 Å². The molecule has 1 aromatic carbocycles. The van der Waals surface area contributed by atoms with Crippen LogP contribution in [-0.4, -0.2) is 28.7 Å². The average molecular weight is 333 g/mol. The lowest BCUT2D eigenvalue weighted by Gasteiger charge is -2.22. The SMILES string of the molecule is CCOC(=O)c1nc2c3ccccc3n(C)c2cc1N1C=CC=CC1. The van der Waals surface area contributed by atoms with Crippen molar-refractivity contribution in [2.24, 2.45) is 7.05 Å². The van der Waals surface area contributed by atoms with Crippen molar-refractivity contribution in [1.29, 1.82) is 0 Å². The Labute approximate surface area is 145 Å². The fourth-order valence-corrected chi connectivity index (χ4v) is 3.26. The number of pyridine rings is 1. The highest BCUT2D eigenvalue weighted by molar-refractivity contribution is 6.09. The first-order valence-electron chi connectivity index (χ1n) is 8.36. The predicted molar refractivity (Wildman–Crippen MR) is 99.8 cm³/mol. The number of carbonyl (C=O) groups excluding carboxylic acids is 1. The summed E-state index contributed by atoms with van der Waals surface area (Å²) in [6, 6.07) is 10.1. The molecule has 4 rings (SSSR count). The van der Waals surface area contributed by atoms with Gasteiger partial charge in [0.15, 0.2) is 5.69 Å². The molecule has 1 aliphatic heterocycles. The zero-order valence-corrected chi connectivity index (χ0v) is 14.3. The van der Waals surface area contributed by atoms with Crippen LogP contribution >= 0.6 is 0 Å². The Morgan fingerprint density at radius 2 is 2.08 bits per heavy atom. The fraction of sp³-hybridized carbons (Fsp3) is 0.200. The molecule has 3 aromatic rings. The first-order valence-corrected chi connectivity index (χ1v) is 8.36. The highest BCUT2D eigenvalue weighted by atomic mass is 16.5. The number of hydrogen-bond donors (Lipinski definition) is 0. The molecule has 3 heterocycles. The van der Waals surface area contributed by atoms with Gasteiger partial charge in [0.05, 0.1) is 28.8 Å². The van der Waals surface area contributed by atoms with E-state index in [1.165, 1.54) is 0 Å². The highest BCUT2D eigenvalue weighted by Crippen LogP contribution is 2.32. The summed E-state index contributed by atoms with van der Waals surface area (Å²) < 4.78 is 7.36. The number of benzene rings is 1. The van der Waals surface area contributed by atoms with Crippen molar-refractivity contribution in [1.82, 2.24) is 9.55 Å². The van der Waals surface area contributed by atoms with Crippen LogP contribution in [0.3, 0.4) is 0 Å². The van der Waals surface area contributed by atoms with E-state index in [0.717, 1.165) is 27.6 Å². The number of aromatic nitrogens is 2. The predicted octanol–water partition coefficient (Wildman–Crippen LogP) is 3.79. The van der Waals surface area contributed by atoms with Gasteiger partial charge in [-0.2, -0.15) is 0 Å². The van der Waals surface area contributed by atoms with Crippen molar-refractivity contribution in [2.45, 2.75) is 6.92 Å². The average Bonchev–Trinajstić information content (AvgIpc) is 2.94. The summed E-state index contributed by atoms with van der Waals surface area (Å²) >= 11 is 0. The molecule has 0 spiro atoms. The Hall–Kier alpha value is -3.08. The first kappa shape index (κ1) is 15.4. The number of hydrogen-bond acceptors (Lipinski definition) is 4. The molecule has 5 nitrogen and oxygen atoms in total. The fourth-order valence-electron chi connectivity index (χ4n) is 3.26. The minimum atomic E-state index is -0.393. The van der Waals surface area contributed by atoms with Gasteiger partial charge < -0.3 is 14.2 Å². The Morgan fingerprint density at radius 1 is 1.24 bits per heavy atom. The lowest BCUT2D eigenvalue weighted by molar-refractivity contribution is 0.0521. The molecule has 0 aliphatic carbocycles. The van der Waals surface area contributed by atoms with Gasteiger partial charge in [-0.15, -0.1) is 0 Å². The van der Waals surface area contributed by atoms with E-state index in [9.17, 15) is 4.79 Å². The monoisotopic (exact) mass is 333 g/mol. The number of carbonyl (C=O) groups is 1. The lowest BCUT2D eigenvalue weighted by atomic mass is 10.2. The highest BCUT2D eigenvalue weighted by Gasteiger charge is 2.22. The van der Waals surface area contributed by atoms with Gasteiger partial charge in [0.25, 0.3) is 0 Å². The standard InChI is InChI=1S/C20H19N3O2/c1-3-25-20(24)19-17(23-11-7-4-8-12-23)13-16-18(21-19)14-9-5-6-10-15(14)22(16)2/h4-11,13H,3,12H2,1-2H3. The first-order chi connectivity index (χ1) is 12.2. The summed E-state index contributed by atoms with van der Waals surface area (Å²) in [5, 5.41) is 1.03.